The Morgan fingerprint density at radius 3 is 2.74 bits per heavy atom. The molecule has 1 saturated heterocycles. The zero-order valence-electron chi connectivity index (χ0n) is 16.5. The van der Waals surface area contributed by atoms with Crippen LogP contribution in [0.1, 0.15) is 57.9 Å². The number of aromatic nitrogens is 1. The molecule has 1 saturated carbocycles. The standard InChI is InChI=1S/C22H31N3OS/c1-3-16-8-9-19-20(14-16)27-22(24-19)25-12-10-17(11-13-25)21(26)23-18-7-5-4-6-15(18)2/h8-9,14-15,17-18H,3-7,10-13H2,1-2H3,(H,23,26)/t15-,18-/m0/s1. The zero-order chi connectivity index (χ0) is 18.8. The van der Waals surface area contributed by atoms with Crippen LogP contribution in [0.4, 0.5) is 5.13 Å². The van der Waals surface area contributed by atoms with E-state index in [4.69, 9.17) is 4.98 Å². The lowest BCUT2D eigenvalue weighted by molar-refractivity contribution is -0.126. The first kappa shape index (κ1) is 18.7. The van der Waals surface area contributed by atoms with Crippen molar-refractivity contribution in [1.29, 1.82) is 0 Å². The van der Waals surface area contributed by atoms with Gasteiger partial charge in [0, 0.05) is 25.0 Å². The summed E-state index contributed by atoms with van der Waals surface area (Å²) < 4.78 is 1.27. The summed E-state index contributed by atoms with van der Waals surface area (Å²) >= 11 is 1.79. The molecule has 1 aromatic heterocycles. The highest BCUT2D eigenvalue weighted by Crippen LogP contribution is 2.32. The van der Waals surface area contributed by atoms with Crippen LogP contribution in [0.5, 0.6) is 0 Å². The van der Waals surface area contributed by atoms with Crippen molar-refractivity contribution in [2.75, 3.05) is 18.0 Å². The summed E-state index contributed by atoms with van der Waals surface area (Å²) in [6, 6.07) is 6.97. The molecule has 27 heavy (non-hydrogen) atoms. The minimum Gasteiger partial charge on any atom is -0.353 e. The van der Waals surface area contributed by atoms with Crippen LogP contribution in [0.2, 0.25) is 0 Å². The topological polar surface area (TPSA) is 45.2 Å². The van der Waals surface area contributed by atoms with Crippen molar-refractivity contribution < 1.29 is 4.79 Å². The maximum atomic E-state index is 12.7. The molecule has 1 aliphatic carbocycles. The summed E-state index contributed by atoms with van der Waals surface area (Å²) in [7, 11) is 0. The van der Waals surface area contributed by atoms with Crippen molar-refractivity contribution in [3.8, 4) is 0 Å². The number of hydrogen-bond donors (Lipinski definition) is 1. The second kappa shape index (κ2) is 8.17. The molecular weight excluding hydrogens is 354 g/mol. The molecule has 0 unspecified atom stereocenters. The Bertz CT molecular complexity index is 794. The van der Waals surface area contributed by atoms with E-state index in [0.29, 0.717) is 12.0 Å². The molecule has 1 aromatic carbocycles. The van der Waals surface area contributed by atoms with Crippen LogP contribution < -0.4 is 10.2 Å². The van der Waals surface area contributed by atoms with Crippen LogP contribution in [0.25, 0.3) is 10.2 Å². The number of nitrogens with one attached hydrogen (secondary N) is 1. The number of rotatable bonds is 4. The monoisotopic (exact) mass is 385 g/mol. The van der Waals surface area contributed by atoms with Gasteiger partial charge in [0.05, 0.1) is 10.2 Å². The van der Waals surface area contributed by atoms with Gasteiger partial charge >= 0.3 is 0 Å². The minimum absolute atomic E-state index is 0.163. The van der Waals surface area contributed by atoms with Gasteiger partial charge in [-0.25, -0.2) is 4.98 Å². The highest BCUT2D eigenvalue weighted by molar-refractivity contribution is 7.22. The average Bonchev–Trinajstić information content (AvgIpc) is 3.13. The van der Waals surface area contributed by atoms with Crippen LogP contribution in [-0.4, -0.2) is 30.0 Å². The number of anilines is 1. The normalized spacial score (nSPS) is 24.3. The molecule has 4 rings (SSSR count). The molecule has 146 valence electrons. The molecule has 1 N–H and O–H groups in total. The van der Waals surface area contributed by atoms with E-state index < -0.39 is 0 Å². The second-order valence-corrected chi connectivity index (χ2v) is 9.30. The summed E-state index contributed by atoms with van der Waals surface area (Å²) in [5.74, 6) is 1.07. The molecule has 2 heterocycles. The van der Waals surface area contributed by atoms with Crippen molar-refractivity contribution >= 4 is 32.6 Å². The van der Waals surface area contributed by atoms with E-state index in [0.717, 1.165) is 49.4 Å². The van der Waals surface area contributed by atoms with E-state index in [-0.39, 0.29) is 11.8 Å². The van der Waals surface area contributed by atoms with Gasteiger partial charge in [-0.15, -0.1) is 0 Å². The third-order valence-corrected chi connectivity index (χ3v) is 7.50. The Balaban J connectivity index is 1.35. The highest BCUT2D eigenvalue weighted by atomic mass is 32.1. The molecule has 2 aromatic rings. The van der Waals surface area contributed by atoms with Gasteiger partial charge in [-0.05, 0) is 55.7 Å². The zero-order valence-corrected chi connectivity index (χ0v) is 17.4. The lowest BCUT2D eigenvalue weighted by atomic mass is 9.85. The summed E-state index contributed by atoms with van der Waals surface area (Å²) in [5, 5.41) is 4.47. The Morgan fingerprint density at radius 2 is 2.00 bits per heavy atom. The average molecular weight is 386 g/mol. The summed E-state index contributed by atoms with van der Waals surface area (Å²) in [6.07, 6.45) is 7.90. The Morgan fingerprint density at radius 1 is 1.22 bits per heavy atom. The van der Waals surface area contributed by atoms with Gasteiger partial charge in [-0.3, -0.25) is 4.79 Å². The number of nitrogens with zero attached hydrogens (tertiary/aromatic N) is 2. The third kappa shape index (κ3) is 4.13. The van der Waals surface area contributed by atoms with E-state index >= 15 is 0 Å². The maximum absolute atomic E-state index is 12.7. The van der Waals surface area contributed by atoms with E-state index in [2.05, 4.69) is 42.3 Å². The highest BCUT2D eigenvalue weighted by Gasteiger charge is 2.29. The first-order valence-electron chi connectivity index (χ1n) is 10.6. The number of thiazole rings is 1. The number of carbonyl (C=O) groups excluding carboxylic acids is 1. The molecule has 0 bridgehead atoms. The molecule has 4 nitrogen and oxygen atoms in total. The molecular formula is C22H31N3OS. The lowest BCUT2D eigenvalue weighted by Gasteiger charge is -2.34. The number of fused-ring (bicyclic) bond motifs is 1. The van der Waals surface area contributed by atoms with Gasteiger partial charge in [0.1, 0.15) is 0 Å². The van der Waals surface area contributed by atoms with Crippen LogP contribution in [0.3, 0.4) is 0 Å². The Labute approximate surface area is 166 Å². The van der Waals surface area contributed by atoms with Crippen molar-refractivity contribution in [2.24, 2.45) is 11.8 Å². The second-order valence-electron chi connectivity index (χ2n) is 8.29. The first-order valence-corrected chi connectivity index (χ1v) is 11.4. The van der Waals surface area contributed by atoms with Gasteiger partial charge in [0.25, 0.3) is 0 Å². The van der Waals surface area contributed by atoms with E-state index in [9.17, 15) is 4.79 Å². The molecule has 1 amide bonds. The van der Waals surface area contributed by atoms with Crippen molar-refractivity contribution in [1.82, 2.24) is 10.3 Å². The van der Waals surface area contributed by atoms with Crippen LogP contribution in [0, 0.1) is 11.8 Å². The van der Waals surface area contributed by atoms with Gasteiger partial charge in [-0.1, -0.05) is 44.1 Å². The molecule has 5 heteroatoms. The number of aryl methyl sites for hydroxylation is 1. The van der Waals surface area contributed by atoms with Gasteiger partial charge in [0.2, 0.25) is 5.91 Å². The maximum Gasteiger partial charge on any atom is 0.223 e. The Kier molecular flexibility index (Phi) is 5.67. The molecule has 2 fully saturated rings. The summed E-state index contributed by atoms with van der Waals surface area (Å²) in [6.45, 7) is 6.33. The van der Waals surface area contributed by atoms with E-state index in [1.54, 1.807) is 11.3 Å². The number of amides is 1. The molecule has 1 aliphatic heterocycles. The van der Waals surface area contributed by atoms with Crippen LogP contribution in [0.15, 0.2) is 18.2 Å². The Hall–Kier alpha value is -1.62. The summed E-state index contributed by atoms with van der Waals surface area (Å²) in [4.78, 5) is 19.9. The van der Waals surface area contributed by atoms with Gasteiger partial charge < -0.3 is 10.2 Å². The minimum atomic E-state index is 0.163. The lowest BCUT2D eigenvalue weighted by Crippen LogP contribution is -2.46. The molecule has 2 atom stereocenters. The SMILES string of the molecule is CCc1ccc2nc(N3CCC(C(=O)N[C@H]4CCCC[C@@H]4C)CC3)sc2c1. The van der Waals surface area contributed by atoms with Crippen LogP contribution in [-0.2, 0) is 11.2 Å². The molecule has 0 spiro atoms. The molecule has 0 radical (unpaired) electrons. The predicted octanol–water partition coefficient (Wildman–Crippen LogP) is 4.77. The fourth-order valence-corrected chi connectivity index (χ4v) is 5.56. The third-order valence-electron chi connectivity index (χ3n) is 6.43. The quantitative estimate of drug-likeness (QED) is 0.824. The van der Waals surface area contributed by atoms with Crippen molar-refractivity contribution in [2.45, 2.75) is 64.8 Å². The number of benzene rings is 1. The van der Waals surface area contributed by atoms with Crippen molar-refractivity contribution in [3.05, 3.63) is 23.8 Å². The summed E-state index contributed by atoms with van der Waals surface area (Å²) in [5.41, 5.74) is 2.46. The van der Waals surface area contributed by atoms with E-state index in [1.807, 2.05) is 0 Å². The van der Waals surface area contributed by atoms with Gasteiger partial charge in [-0.2, -0.15) is 0 Å². The van der Waals surface area contributed by atoms with E-state index in [1.165, 1.54) is 29.5 Å². The smallest absolute Gasteiger partial charge is 0.223 e. The fraction of sp³-hybridized carbons (Fsp3) is 0.636. The fourth-order valence-electron chi connectivity index (χ4n) is 4.48. The molecule has 2 aliphatic rings. The first-order chi connectivity index (χ1) is 13.1. The van der Waals surface area contributed by atoms with Gasteiger partial charge in [0.15, 0.2) is 5.13 Å². The number of carbonyl (C=O) groups is 1. The predicted molar refractivity (Wildman–Crippen MR) is 113 cm³/mol. The van der Waals surface area contributed by atoms with Crippen LogP contribution >= 0.6 is 11.3 Å². The number of hydrogen-bond acceptors (Lipinski definition) is 4. The largest absolute Gasteiger partial charge is 0.353 e. The number of piperidine rings is 1. The van der Waals surface area contributed by atoms with Crippen molar-refractivity contribution in [3.63, 3.8) is 0 Å².